The van der Waals surface area contributed by atoms with E-state index >= 15 is 0 Å². The summed E-state index contributed by atoms with van der Waals surface area (Å²) in [6, 6.07) is 15.2. The Balaban J connectivity index is 2.09. The smallest absolute Gasteiger partial charge is 0.170 e. The fourth-order valence-corrected chi connectivity index (χ4v) is 2.14. The maximum atomic E-state index is 11.8. The Morgan fingerprint density at radius 2 is 1.45 bits per heavy atom. The van der Waals surface area contributed by atoms with E-state index in [1.807, 2.05) is 36.4 Å². The first kappa shape index (κ1) is 16.0. The van der Waals surface area contributed by atoms with E-state index in [1.165, 1.54) is 6.92 Å². The third-order valence-corrected chi connectivity index (χ3v) is 3.28. The van der Waals surface area contributed by atoms with Crippen molar-refractivity contribution in [1.29, 1.82) is 0 Å². The molecule has 3 heteroatoms. The summed E-state index contributed by atoms with van der Waals surface area (Å²) in [6.07, 6.45) is 0.945. The second-order valence-electron chi connectivity index (χ2n) is 5.25. The molecule has 0 heterocycles. The van der Waals surface area contributed by atoms with Crippen molar-refractivity contribution in [3.05, 3.63) is 54.1 Å². The molecule has 0 amide bonds. The molecule has 0 saturated heterocycles. The molecule has 0 aliphatic carbocycles. The molecular formula is C19H20O3. The summed E-state index contributed by atoms with van der Waals surface area (Å²) in [6.45, 7) is 4.21. The third-order valence-electron chi connectivity index (χ3n) is 3.28. The van der Waals surface area contributed by atoms with Crippen LogP contribution < -0.4 is 4.74 Å². The van der Waals surface area contributed by atoms with E-state index in [-0.39, 0.29) is 18.0 Å². The molecule has 0 spiro atoms. The molecule has 0 N–H and O–H groups in total. The van der Waals surface area contributed by atoms with Gasteiger partial charge < -0.3 is 4.74 Å². The number of carbonyl (C=O) groups is 2. The van der Waals surface area contributed by atoms with Crippen LogP contribution in [0.15, 0.2) is 48.5 Å². The minimum atomic E-state index is -0.137. The quantitative estimate of drug-likeness (QED) is 0.565. The molecule has 2 rings (SSSR count). The minimum Gasteiger partial charge on any atom is -0.494 e. The van der Waals surface area contributed by atoms with E-state index in [0.29, 0.717) is 12.2 Å². The zero-order chi connectivity index (χ0) is 15.9. The highest BCUT2D eigenvalue weighted by atomic mass is 16.5. The standard InChI is InChI=1S/C19H20O3/c1-3-12-22-18-10-8-16(9-11-18)15-4-6-17(7-5-15)19(21)13-14(2)20/h4-11H,3,12-13H2,1-2H3. The van der Waals surface area contributed by atoms with E-state index < -0.39 is 0 Å². The monoisotopic (exact) mass is 296 g/mol. The van der Waals surface area contributed by atoms with Crippen molar-refractivity contribution in [2.75, 3.05) is 6.61 Å². The molecule has 0 aliphatic rings. The normalized spacial score (nSPS) is 10.3. The van der Waals surface area contributed by atoms with Crippen molar-refractivity contribution >= 4 is 11.6 Å². The Hall–Kier alpha value is -2.42. The highest BCUT2D eigenvalue weighted by molar-refractivity contribution is 6.07. The molecular weight excluding hydrogens is 276 g/mol. The number of hydrogen-bond acceptors (Lipinski definition) is 3. The van der Waals surface area contributed by atoms with Gasteiger partial charge in [-0.05, 0) is 36.6 Å². The van der Waals surface area contributed by atoms with Crippen molar-refractivity contribution in [2.24, 2.45) is 0 Å². The van der Waals surface area contributed by atoms with Gasteiger partial charge >= 0.3 is 0 Å². The third kappa shape index (κ3) is 4.29. The fraction of sp³-hybridized carbons (Fsp3) is 0.263. The molecule has 0 radical (unpaired) electrons. The van der Waals surface area contributed by atoms with Crippen molar-refractivity contribution in [1.82, 2.24) is 0 Å². The summed E-state index contributed by atoms with van der Waals surface area (Å²) >= 11 is 0. The summed E-state index contributed by atoms with van der Waals surface area (Å²) < 4.78 is 5.56. The molecule has 0 aromatic heterocycles. The molecule has 22 heavy (non-hydrogen) atoms. The topological polar surface area (TPSA) is 43.4 Å². The number of ketones is 2. The van der Waals surface area contributed by atoms with Crippen LogP contribution in [0.25, 0.3) is 11.1 Å². The van der Waals surface area contributed by atoms with Gasteiger partial charge in [-0.25, -0.2) is 0 Å². The number of hydrogen-bond donors (Lipinski definition) is 0. The van der Waals surface area contributed by atoms with Gasteiger partial charge in [-0.2, -0.15) is 0 Å². The van der Waals surface area contributed by atoms with Gasteiger partial charge in [-0.3, -0.25) is 9.59 Å². The molecule has 3 nitrogen and oxygen atoms in total. The highest BCUT2D eigenvalue weighted by Crippen LogP contribution is 2.23. The maximum Gasteiger partial charge on any atom is 0.170 e. The van der Waals surface area contributed by atoms with Crippen LogP contribution in [0.5, 0.6) is 5.75 Å². The average molecular weight is 296 g/mol. The lowest BCUT2D eigenvalue weighted by Gasteiger charge is -2.07. The molecule has 0 fully saturated rings. The Labute approximate surface area is 130 Å². The minimum absolute atomic E-state index is 0.0389. The second-order valence-corrected chi connectivity index (χ2v) is 5.25. The van der Waals surface area contributed by atoms with E-state index in [1.54, 1.807) is 12.1 Å². The highest BCUT2D eigenvalue weighted by Gasteiger charge is 2.08. The maximum absolute atomic E-state index is 11.8. The van der Waals surface area contributed by atoms with E-state index in [4.69, 9.17) is 4.74 Å². The lowest BCUT2D eigenvalue weighted by molar-refractivity contribution is -0.116. The van der Waals surface area contributed by atoms with Gasteiger partial charge in [-0.1, -0.05) is 43.3 Å². The van der Waals surface area contributed by atoms with Crippen LogP contribution in [0.3, 0.4) is 0 Å². The predicted molar refractivity (Wildman–Crippen MR) is 87.3 cm³/mol. The Morgan fingerprint density at radius 3 is 1.95 bits per heavy atom. The van der Waals surface area contributed by atoms with Crippen molar-refractivity contribution in [3.63, 3.8) is 0 Å². The number of rotatable bonds is 7. The van der Waals surface area contributed by atoms with Crippen LogP contribution in [-0.4, -0.2) is 18.2 Å². The first-order valence-electron chi connectivity index (χ1n) is 7.46. The molecule has 0 saturated carbocycles. The zero-order valence-corrected chi connectivity index (χ0v) is 13.0. The van der Waals surface area contributed by atoms with Crippen LogP contribution >= 0.6 is 0 Å². The van der Waals surface area contributed by atoms with E-state index in [9.17, 15) is 9.59 Å². The summed E-state index contributed by atoms with van der Waals surface area (Å²) in [4.78, 5) is 22.8. The van der Waals surface area contributed by atoms with Crippen LogP contribution in [0.2, 0.25) is 0 Å². The molecule has 0 aliphatic heterocycles. The summed E-state index contributed by atoms with van der Waals surface area (Å²) in [5.74, 6) is 0.609. The molecule has 114 valence electrons. The van der Waals surface area contributed by atoms with Crippen molar-refractivity contribution in [3.8, 4) is 16.9 Å². The molecule has 2 aromatic carbocycles. The summed E-state index contributed by atoms with van der Waals surface area (Å²) in [5.41, 5.74) is 2.66. The molecule has 0 bridgehead atoms. The van der Waals surface area contributed by atoms with Crippen LogP contribution in [0.4, 0.5) is 0 Å². The Bertz CT molecular complexity index is 639. The van der Waals surface area contributed by atoms with Gasteiger partial charge in [-0.15, -0.1) is 0 Å². The van der Waals surface area contributed by atoms with Gasteiger partial charge in [0.25, 0.3) is 0 Å². The van der Waals surface area contributed by atoms with Crippen molar-refractivity contribution in [2.45, 2.75) is 26.7 Å². The van der Waals surface area contributed by atoms with Gasteiger partial charge in [0.2, 0.25) is 0 Å². The van der Waals surface area contributed by atoms with Crippen LogP contribution in [0.1, 0.15) is 37.0 Å². The fourth-order valence-electron chi connectivity index (χ4n) is 2.14. The SMILES string of the molecule is CCCOc1ccc(-c2ccc(C(=O)CC(C)=O)cc2)cc1. The Kier molecular flexibility index (Phi) is 5.48. The van der Waals surface area contributed by atoms with E-state index in [0.717, 1.165) is 23.3 Å². The first-order chi connectivity index (χ1) is 10.6. The van der Waals surface area contributed by atoms with E-state index in [2.05, 4.69) is 6.92 Å². The number of Topliss-reactive ketones (excluding diaryl/α,β-unsaturated/α-hetero) is 2. The molecule has 0 unspecified atom stereocenters. The number of benzene rings is 2. The predicted octanol–water partition coefficient (Wildman–Crippen LogP) is 4.30. The first-order valence-corrected chi connectivity index (χ1v) is 7.46. The average Bonchev–Trinajstić information content (AvgIpc) is 2.53. The van der Waals surface area contributed by atoms with Gasteiger partial charge in [0, 0.05) is 5.56 Å². The van der Waals surface area contributed by atoms with Crippen LogP contribution in [-0.2, 0) is 4.79 Å². The van der Waals surface area contributed by atoms with Gasteiger partial charge in [0.05, 0.1) is 13.0 Å². The second kappa shape index (κ2) is 7.55. The van der Waals surface area contributed by atoms with Gasteiger partial charge in [0.15, 0.2) is 5.78 Å². The number of carbonyl (C=O) groups excluding carboxylic acids is 2. The van der Waals surface area contributed by atoms with Crippen molar-refractivity contribution < 1.29 is 14.3 Å². The largest absolute Gasteiger partial charge is 0.494 e. The zero-order valence-electron chi connectivity index (χ0n) is 13.0. The molecule has 0 atom stereocenters. The van der Waals surface area contributed by atoms with Gasteiger partial charge in [0.1, 0.15) is 11.5 Å². The summed E-state index contributed by atoms with van der Waals surface area (Å²) in [5, 5.41) is 0. The number of ether oxygens (including phenoxy) is 1. The lowest BCUT2D eigenvalue weighted by Crippen LogP contribution is -2.04. The molecule has 2 aromatic rings. The Morgan fingerprint density at radius 1 is 0.909 bits per heavy atom. The summed E-state index contributed by atoms with van der Waals surface area (Å²) in [7, 11) is 0. The lowest BCUT2D eigenvalue weighted by atomic mass is 10.0. The van der Waals surface area contributed by atoms with Crippen LogP contribution in [0, 0.1) is 0 Å².